The molecule has 442 valence electrons. The number of hydrogen-bond acceptors (Lipinski definition) is 6. The quantitative estimate of drug-likeness (QED) is 0.0261. The average Bonchev–Trinajstić information content (AvgIpc) is 3.43. The van der Waals surface area contributed by atoms with Crippen molar-refractivity contribution in [2.24, 2.45) is 0 Å². The highest BCUT2D eigenvalue weighted by Gasteiger charge is 2.19. The molecule has 0 aromatic heterocycles. The highest BCUT2D eigenvalue weighted by atomic mass is 16.6. The molecule has 0 aliphatic rings. The molecule has 0 aromatic carbocycles. The summed E-state index contributed by atoms with van der Waals surface area (Å²) in [6.07, 6.45) is 87.0. The van der Waals surface area contributed by atoms with Crippen LogP contribution in [0.15, 0.2) is 97.2 Å². The number of carbonyl (C=O) groups is 3. The highest BCUT2D eigenvalue weighted by molar-refractivity contribution is 5.71. The first-order valence-electron chi connectivity index (χ1n) is 32.7. The van der Waals surface area contributed by atoms with E-state index in [4.69, 9.17) is 14.2 Å². The smallest absolute Gasteiger partial charge is 0.306 e. The van der Waals surface area contributed by atoms with Crippen molar-refractivity contribution in [2.75, 3.05) is 13.2 Å². The Bertz CT molecular complexity index is 1510. The summed E-state index contributed by atoms with van der Waals surface area (Å²) in [4.78, 5) is 38.3. The van der Waals surface area contributed by atoms with Crippen LogP contribution in [0.25, 0.3) is 0 Å². The maximum atomic E-state index is 12.9. The van der Waals surface area contributed by atoms with Crippen LogP contribution in [0.1, 0.15) is 316 Å². The van der Waals surface area contributed by atoms with Crippen molar-refractivity contribution >= 4 is 17.9 Å². The third kappa shape index (κ3) is 63.0. The number of esters is 3. The number of ether oxygens (including phenoxy) is 3. The normalized spacial score (nSPS) is 12.7. The minimum absolute atomic E-state index is 0.0841. The van der Waals surface area contributed by atoms with Crippen molar-refractivity contribution in [1.82, 2.24) is 0 Å². The summed E-state index contributed by atoms with van der Waals surface area (Å²) in [6.45, 7) is 6.50. The number of carbonyl (C=O) groups excluding carboxylic acids is 3. The van der Waals surface area contributed by atoms with E-state index in [1.807, 2.05) is 0 Å². The molecule has 0 rings (SSSR count). The number of rotatable bonds is 59. The Balaban J connectivity index is 4.29. The van der Waals surface area contributed by atoms with E-state index < -0.39 is 6.10 Å². The van der Waals surface area contributed by atoms with Crippen molar-refractivity contribution in [1.29, 1.82) is 0 Å². The van der Waals surface area contributed by atoms with Gasteiger partial charge in [0, 0.05) is 19.3 Å². The topological polar surface area (TPSA) is 78.9 Å². The maximum absolute atomic E-state index is 12.9. The third-order valence-electron chi connectivity index (χ3n) is 14.0. The molecule has 0 heterocycles. The lowest BCUT2D eigenvalue weighted by atomic mass is 10.1. The van der Waals surface area contributed by atoms with Gasteiger partial charge in [0.1, 0.15) is 13.2 Å². The minimum Gasteiger partial charge on any atom is -0.462 e. The lowest BCUT2D eigenvalue weighted by Gasteiger charge is -2.18. The molecule has 0 aliphatic carbocycles. The molecule has 0 amide bonds. The standard InChI is InChI=1S/C71H122O6/c1-4-7-10-13-16-19-22-24-26-28-30-32-33-34-35-36-37-39-40-42-44-46-49-52-55-58-61-64-70(73)76-67-68(66-75-69(72)63-60-57-54-51-48-21-18-15-12-9-6-3)77-71(74)65-62-59-56-53-50-47-45-43-41-38-31-29-27-25-23-20-17-14-11-8-5-2/h7,10,15-16,18-19,24,26,29-32,34-35,37,39,68H,4-6,8-9,11-14,17,20-23,25,27-28,33,36,38,40-67H2,1-3H3/b10-7-,18-15-,19-16-,26-24-,31-29-,32-30-,35-34-,39-37-. The molecule has 6 nitrogen and oxygen atoms in total. The second kappa shape index (κ2) is 64.9. The molecule has 0 radical (unpaired) electrons. The fourth-order valence-corrected chi connectivity index (χ4v) is 9.13. The summed E-state index contributed by atoms with van der Waals surface area (Å²) < 4.78 is 16.9. The van der Waals surface area contributed by atoms with E-state index >= 15 is 0 Å². The van der Waals surface area contributed by atoms with Crippen LogP contribution in [0.2, 0.25) is 0 Å². The molecular formula is C71H122O6. The molecule has 0 fully saturated rings. The van der Waals surface area contributed by atoms with E-state index in [9.17, 15) is 14.4 Å². The Hall–Kier alpha value is -3.67. The van der Waals surface area contributed by atoms with Gasteiger partial charge in [-0.1, -0.05) is 279 Å². The molecular weight excluding hydrogens is 949 g/mol. The van der Waals surface area contributed by atoms with E-state index in [0.717, 1.165) is 109 Å². The number of allylic oxidation sites excluding steroid dienone is 16. The average molecular weight is 1070 g/mol. The summed E-state index contributed by atoms with van der Waals surface area (Å²) in [5.74, 6) is -0.894. The Morgan fingerprint density at radius 3 is 0.844 bits per heavy atom. The van der Waals surface area contributed by atoms with E-state index in [2.05, 4.69) is 118 Å². The minimum atomic E-state index is -0.787. The highest BCUT2D eigenvalue weighted by Crippen LogP contribution is 2.16. The summed E-state index contributed by atoms with van der Waals surface area (Å²) in [6, 6.07) is 0. The third-order valence-corrected chi connectivity index (χ3v) is 14.0. The zero-order valence-electron chi connectivity index (χ0n) is 50.7. The van der Waals surface area contributed by atoms with Gasteiger partial charge in [-0.2, -0.15) is 0 Å². The van der Waals surface area contributed by atoms with Gasteiger partial charge < -0.3 is 14.2 Å². The first kappa shape index (κ1) is 73.3. The molecule has 77 heavy (non-hydrogen) atoms. The second-order valence-corrected chi connectivity index (χ2v) is 21.6. The zero-order chi connectivity index (χ0) is 55.7. The van der Waals surface area contributed by atoms with Gasteiger partial charge in [0.25, 0.3) is 0 Å². The van der Waals surface area contributed by atoms with Crippen molar-refractivity contribution in [3.05, 3.63) is 97.2 Å². The predicted molar refractivity (Wildman–Crippen MR) is 334 cm³/mol. The van der Waals surface area contributed by atoms with E-state index in [1.54, 1.807) is 0 Å². The summed E-state index contributed by atoms with van der Waals surface area (Å²) in [7, 11) is 0. The molecule has 0 spiro atoms. The fraction of sp³-hybridized carbons (Fsp3) is 0.732. The summed E-state index contributed by atoms with van der Waals surface area (Å²) in [5.41, 5.74) is 0. The van der Waals surface area contributed by atoms with Gasteiger partial charge in [0.05, 0.1) is 0 Å². The van der Waals surface area contributed by atoms with Crippen molar-refractivity contribution in [3.63, 3.8) is 0 Å². The largest absolute Gasteiger partial charge is 0.462 e. The summed E-state index contributed by atoms with van der Waals surface area (Å²) in [5, 5.41) is 0. The zero-order valence-corrected chi connectivity index (χ0v) is 50.7. The molecule has 0 aromatic rings. The van der Waals surface area contributed by atoms with Gasteiger partial charge in [0.15, 0.2) is 6.10 Å². The van der Waals surface area contributed by atoms with Gasteiger partial charge in [-0.3, -0.25) is 14.4 Å². The first-order chi connectivity index (χ1) is 38.0. The first-order valence-corrected chi connectivity index (χ1v) is 32.7. The van der Waals surface area contributed by atoms with Crippen LogP contribution in [0.5, 0.6) is 0 Å². The Morgan fingerprint density at radius 2 is 0.519 bits per heavy atom. The molecule has 0 N–H and O–H groups in total. The predicted octanol–water partition coefficient (Wildman–Crippen LogP) is 22.4. The molecule has 1 unspecified atom stereocenters. The van der Waals surface area contributed by atoms with Crippen LogP contribution < -0.4 is 0 Å². The fourth-order valence-electron chi connectivity index (χ4n) is 9.13. The van der Waals surface area contributed by atoms with Crippen molar-refractivity contribution in [3.8, 4) is 0 Å². The lowest BCUT2D eigenvalue weighted by molar-refractivity contribution is -0.167. The molecule has 6 heteroatoms. The Morgan fingerprint density at radius 1 is 0.273 bits per heavy atom. The molecule has 1 atom stereocenters. The van der Waals surface area contributed by atoms with Crippen LogP contribution in [0, 0.1) is 0 Å². The van der Waals surface area contributed by atoms with Gasteiger partial charge in [0.2, 0.25) is 0 Å². The van der Waals surface area contributed by atoms with Crippen LogP contribution in [-0.4, -0.2) is 37.2 Å². The van der Waals surface area contributed by atoms with Gasteiger partial charge in [-0.25, -0.2) is 0 Å². The van der Waals surface area contributed by atoms with E-state index in [1.165, 1.54) is 167 Å². The maximum Gasteiger partial charge on any atom is 0.306 e. The van der Waals surface area contributed by atoms with E-state index in [-0.39, 0.29) is 31.1 Å². The van der Waals surface area contributed by atoms with Gasteiger partial charge >= 0.3 is 17.9 Å². The van der Waals surface area contributed by atoms with Crippen molar-refractivity contribution in [2.45, 2.75) is 322 Å². The Labute approximate surface area is 477 Å². The second-order valence-electron chi connectivity index (χ2n) is 21.6. The van der Waals surface area contributed by atoms with Gasteiger partial charge in [-0.05, 0) is 116 Å². The molecule has 0 aliphatic heterocycles. The lowest BCUT2D eigenvalue weighted by Crippen LogP contribution is -2.30. The molecule has 0 saturated carbocycles. The number of unbranched alkanes of at least 4 members (excludes halogenated alkanes) is 32. The molecule has 0 bridgehead atoms. The SMILES string of the molecule is CC/C=C\C/C=C\C/C=C\C/C=C\C/C=C\C/C=C\CCCCCCCCCCC(=O)OCC(COC(=O)CCCCCCC/C=C\CCCC)OC(=O)CCCCCCCCCCC/C=C\CCCCCCCCCC. The van der Waals surface area contributed by atoms with Crippen LogP contribution in [0.4, 0.5) is 0 Å². The summed E-state index contributed by atoms with van der Waals surface area (Å²) >= 11 is 0. The monoisotopic (exact) mass is 1070 g/mol. The van der Waals surface area contributed by atoms with Gasteiger partial charge in [-0.15, -0.1) is 0 Å². The number of hydrogen-bond donors (Lipinski definition) is 0. The molecule has 0 saturated heterocycles. The van der Waals surface area contributed by atoms with E-state index in [0.29, 0.717) is 19.3 Å². The van der Waals surface area contributed by atoms with Crippen LogP contribution >= 0.6 is 0 Å². The van der Waals surface area contributed by atoms with Crippen molar-refractivity contribution < 1.29 is 28.6 Å². The van der Waals surface area contributed by atoms with Crippen LogP contribution in [0.3, 0.4) is 0 Å². The van der Waals surface area contributed by atoms with Crippen LogP contribution in [-0.2, 0) is 28.6 Å². The Kier molecular flexibility index (Phi) is 61.8.